The predicted octanol–water partition coefficient (Wildman–Crippen LogP) is 2.29. The third kappa shape index (κ3) is 4.31. The Labute approximate surface area is 134 Å². The Kier molecular flexibility index (Phi) is 5.51. The van der Waals surface area contributed by atoms with Crippen LogP contribution >= 0.6 is 0 Å². The Morgan fingerprint density at radius 2 is 1.50 bits per heavy atom. The summed E-state index contributed by atoms with van der Waals surface area (Å²) in [5, 5.41) is 4.55. The van der Waals surface area contributed by atoms with Gasteiger partial charge in [0.2, 0.25) is 5.91 Å². The fourth-order valence-electron chi connectivity index (χ4n) is 1.82. The largest absolute Gasteiger partial charge is 0.350 e. The quantitative estimate of drug-likeness (QED) is 0.648. The maximum atomic E-state index is 13.4. The van der Waals surface area contributed by atoms with E-state index in [1.807, 2.05) is 0 Å². The van der Waals surface area contributed by atoms with E-state index in [1.165, 1.54) is 24.3 Å². The van der Waals surface area contributed by atoms with Gasteiger partial charge in [-0.25, -0.2) is 17.6 Å². The number of halogens is 4. The molecule has 2 N–H and O–H groups in total. The average Bonchev–Trinajstić information content (AvgIpc) is 2.57. The second kappa shape index (κ2) is 7.58. The summed E-state index contributed by atoms with van der Waals surface area (Å²) in [6.07, 6.45) is 0. The third-order valence-corrected chi connectivity index (χ3v) is 3.09. The van der Waals surface area contributed by atoms with E-state index in [-0.39, 0.29) is 6.54 Å². The fraction of sp³-hybridized carbons (Fsp3) is 0.125. The maximum Gasteiger partial charge on any atom is 0.254 e. The molecule has 126 valence electrons. The highest BCUT2D eigenvalue weighted by molar-refractivity contribution is 5.96. The summed E-state index contributed by atoms with van der Waals surface area (Å²) in [5.74, 6) is -6.85. The predicted molar refractivity (Wildman–Crippen MR) is 76.9 cm³/mol. The molecule has 2 rings (SSSR count). The van der Waals surface area contributed by atoms with Crippen molar-refractivity contribution in [1.82, 2.24) is 10.6 Å². The summed E-state index contributed by atoms with van der Waals surface area (Å²) in [7, 11) is 0. The molecule has 0 saturated carbocycles. The van der Waals surface area contributed by atoms with Gasteiger partial charge in [-0.3, -0.25) is 9.59 Å². The molecular formula is C16H12F4N2O2. The van der Waals surface area contributed by atoms with Crippen LogP contribution in [0.4, 0.5) is 17.6 Å². The van der Waals surface area contributed by atoms with Gasteiger partial charge in [0.05, 0.1) is 12.1 Å². The lowest BCUT2D eigenvalue weighted by Crippen LogP contribution is -2.37. The highest BCUT2D eigenvalue weighted by atomic mass is 19.2. The minimum atomic E-state index is -1.76. The monoisotopic (exact) mass is 340 g/mol. The molecule has 0 heterocycles. The first-order valence-electron chi connectivity index (χ1n) is 6.81. The first-order chi connectivity index (χ1) is 11.4. The lowest BCUT2D eigenvalue weighted by Gasteiger charge is -2.08. The number of hydrogen-bond donors (Lipinski definition) is 2. The zero-order valence-corrected chi connectivity index (χ0v) is 12.2. The summed E-state index contributed by atoms with van der Waals surface area (Å²) in [6, 6.07) is 6.81. The topological polar surface area (TPSA) is 58.2 Å². The van der Waals surface area contributed by atoms with E-state index in [4.69, 9.17) is 0 Å². The Morgan fingerprint density at radius 3 is 2.17 bits per heavy atom. The van der Waals surface area contributed by atoms with E-state index in [2.05, 4.69) is 10.6 Å². The van der Waals surface area contributed by atoms with Crippen LogP contribution in [-0.4, -0.2) is 18.4 Å². The van der Waals surface area contributed by atoms with Gasteiger partial charge < -0.3 is 10.6 Å². The molecule has 0 fully saturated rings. The molecule has 0 spiro atoms. The van der Waals surface area contributed by atoms with E-state index in [0.29, 0.717) is 11.6 Å². The van der Waals surface area contributed by atoms with Crippen LogP contribution in [0.2, 0.25) is 0 Å². The molecule has 0 atom stereocenters. The van der Waals surface area contributed by atoms with Crippen LogP contribution in [0.15, 0.2) is 36.4 Å². The number of nitrogens with one attached hydrogen (secondary N) is 2. The molecule has 0 saturated heterocycles. The van der Waals surface area contributed by atoms with Gasteiger partial charge >= 0.3 is 0 Å². The normalized spacial score (nSPS) is 10.3. The number of carbonyl (C=O) groups is 2. The molecule has 2 aromatic carbocycles. The zero-order valence-electron chi connectivity index (χ0n) is 12.2. The van der Waals surface area contributed by atoms with Crippen molar-refractivity contribution in [2.24, 2.45) is 0 Å². The van der Waals surface area contributed by atoms with Gasteiger partial charge in [0.15, 0.2) is 17.5 Å². The van der Waals surface area contributed by atoms with Gasteiger partial charge in [0, 0.05) is 6.54 Å². The lowest BCUT2D eigenvalue weighted by molar-refractivity contribution is -0.120. The molecule has 2 amide bonds. The Morgan fingerprint density at radius 1 is 0.833 bits per heavy atom. The molecule has 0 bridgehead atoms. The van der Waals surface area contributed by atoms with E-state index in [1.54, 1.807) is 0 Å². The molecule has 0 aliphatic heterocycles. The molecule has 2 aromatic rings. The summed E-state index contributed by atoms with van der Waals surface area (Å²) < 4.78 is 52.0. The molecule has 0 aliphatic carbocycles. The van der Waals surface area contributed by atoms with Crippen molar-refractivity contribution in [2.45, 2.75) is 6.54 Å². The van der Waals surface area contributed by atoms with Crippen LogP contribution in [0.3, 0.4) is 0 Å². The second-order valence-electron chi connectivity index (χ2n) is 4.81. The van der Waals surface area contributed by atoms with Crippen molar-refractivity contribution in [2.75, 3.05) is 6.54 Å². The van der Waals surface area contributed by atoms with Gasteiger partial charge in [0.25, 0.3) is 5.91 Å². The van der Waals surface area contributed by atoms with Crippen LogP contribution in [0.1, 0.15) is 15.9 Å². The van der Waals surface area contributed by atoms with Crippen LogP contribution < -0.4 is 10.6 Å². The smallest absolute Gasteiger partial charge is 0.254 e. The minimum Gasteiger partial charge on any atom is -0.350 e. The van der Waals surface area contributed by atoms with Crippen molar-refractivity contribution in [3.63, 3.8) is 0 Å². The molecular weight excluding hydrogens is 328 g/mol. The van der Waals surface area contributed by atoms with Gasteiger partial charge in [-0.15, -0.1) is 0 Å². The highest BCUT2D eigenvalue weighted by Gasteiger charge is 2.19. The zero-order chi connectivity index (χ0) is 17.7. The summed E-state index contributed by atoms with van der Waals surface area (Å²) in [5.41, 5.74) is -0.0667. The summed E-state index contributed by atoms with van der Waals surface area (Å²) in [6.45, 7) is -0.382. The van der Waals surface area contributed by atoms with Crippen molar-refractivity contribution in [3.8, 4) is 0 Å². The van der Waals surface area contributed by atoms with Gasteiger partial charge in [-0.05, 0) is 29.8 Å². The maximum absolute atomic E-state index is 13.4. The fourth-order valence-corrected chi connectivity index (χ4v) is 1.82. The number of amides is 2. The van der Waals surface area contributed by atoms with Crippen LogP contribution in [0.5, 0.6) is 0 Å². The van der Waals surface area contributed by atoms with Gasteiger partial charge in [-0.1, -0.05) is 12.1 Å². The summed E-state index contributed by atoms with van der Waals surface area (Å²) >= 11 is 0. The van der Waals surface area contributed by atoms with E-state index >= 15 is 0 Å². The van der Waals surface area contributed by atoms with Gasteiger partial charge in [-0.2, -0.15) is 0 Å². The van der Waals surface area contributed by atoms with Crippen molar-refractivity contribution in [3.05, 3.63) is 70.8 Å². The first-order valence-corrected chi connectivity index (χ1v) is 6.81. The van der Waals surface area contributed by atoms with Crippen molar-refractivity contribution < 1.29 is 27.2 Å². The van der Waals surface area contributed by atoms with Crippen molar-refractivity contribution >= 4 is 11.8 Å². The molecule has 0 radical (unpaired) electrons. The molecule has 24 heavy (non-hydrogen) atoms. The van der Waals surface area contributed by atoms with Crippen molar-refractivity contribution in [1.29, 1.82) is 0 Å². The minimum absolute atomic E-state index is 0.106. The van der Waals surface area contributed by atoms with E-state index < -0.39 is 47.2 Å². The lowest BCUT2D eigenvalue weighted by atomic mass is 10.2. The van der Waals surface area contributed by atoms with Crippen LogP contribution in [0.25, 0.3) is 0 Å². The highest BCUT2D eigenvalue weighted by Crippen LogP contribution is 2.14. The SMILES string of the molecule is O=C(CNC(=O)c1ccc(F)c(F)c1F)NCc1ccc(F)cc1. The first kappa shape index (κ1) is 17.5. The Bertz CT molecular complexity index is 763. The van der Waals surface area contributed by atoms with E-state index in [0.717, 1.165) is 6.07 Å². The van der Waals surface area contributed by atoms with Gasteiger partial charge in [0.1, 0.15) is 5.82 Å². The summed E-state index contributed by atoms with van der Waals surface area (Å²) in [4.78, 5) is 23.3. The number of benzene rings is 2. The molecule has 0 aromatic heterocycles. The number of hydrogen-bond acceptors (Lipinski definition) is 2. The van der Waals surface area contributed by atoms with Crippen LogP contribution in [-0.2, 0) is 11.3 Å². The van der Waals surface area contributed by atoms with E-state index in [9.17, 15) is 27.2 Å². The molecule has 8 heteroatoms. The molecule has 0 aliphatic rings. The standard InChI is InChI=1S/C16H12F4N2O2/c17-10-3-1-9(2-4-10)7-21-13(23)8-22-16(24)11-5-6-12(18)15(20)14(11)19/h1-6H,7-8H2,(H,21,23)(H,22,24). The number of carbonyl (C=O) groups excluding carboxylic acids is 2. The molecule has 4 nitrogen and oxygen atoms in total. The third-order valence-electron chi connectivity index (χ3n) is 3.09. The Hall–Kier alpha value is -2.90. The Balaban J connectivity index is 1.86. The average molecular weight is 340 g/mol. The number of rotatable bonds is 5. The molecule has 0 unspecified atom stereocenters. The second-order valence-corrected chi connectivity index (χ2v) is 4.81. The van der Waals surface area contributed by atoms with Crippen LogP contribution in [0, 0.1) is 23.3 Å².